The number of methoxy groups -OCH3 is 1. The molecule has 2 aromatic rings. The zero-order chi connectivity index (χ0) is 15.2. The van der Waals surface area contributed by atoms with Crippen molar-refractivity contribution in [3.63, 3.8) is 0 Å². The highest BCUT2D eigenvalue weighted by atomic mass is 35.5. The van der Waals surface area contributed by atoms with Crippen LogP contribution in [-0.4, -0.2) is 13.7 Å². The molecule has 0 aliphatic carbocycles. The largest absolute Gasteiger partial charge is 0.493 e. The summed E-state index contributed by atoms with van der Waals surface area (Å²) < 4.78 is 23.9. The third-order valence-corrected chi connectivity index (χ3v) is 3.30. The van der Waals surface area contributed by atoms with E-state index in [1.54, 1.807) is 19.2 Å². The Balaban J connectivity index is 2.16. The van der Waals surface area contributed by atoms with Gasteiger partial charge in [-0.05, 0) is 48.4 Å². The SMILES string of the molecule is COc1cc(CCN)cc(Cl)c1OCc1ccc(F)cc1. The van der Waals surface area contributed by atoms with E-state index in [9.17, 15) is 4.39 Å². The summed E-state index contributed by atoms with van der Waals surface area (Å²) in [6.07, 6.45) is 0.717. The minimum atomic E-state index is -0.277. The summed E-state index contributed by atoms with van der Waals surface area (Å²) in [7, 11) is 1.56. The molecule has 0 aromatic heterocycles. The molecule has 2 N–H and O–H groups in total. The molecule has 0 atom stereocenters. The molecule has 0 aliphatic rings. The van der Waals surface area contributed by atoms with Crippen LogP contribution >= 0.6 is 11.6 Å². The number of rotatable bonds is 6. The normalized spacial score (nSPS) is 10.5. The highest BCUT2D eigenvalue weighted by molar-refractivity contribution is 6.32. The Morgan fingerprint density at radius 2 is 1.86 bits per heavy atom. The van der Waals surface area contributed by atoms with Crippen LogP contribution in [0.2, 0.25) is 5.02 Å². The number of ether oxygens (including phenoxy) is 2. The molecule has 0 fully saturated rings. The predicted octanol–water partition coefficient (Wildman–Crippen LogP) is 3.57. The Bertz CT molecular complexity index is 602. The van der Waals surface area contributed by atoms with Gasteiger partial charge in [-0.2, -0.15) is 0 Å². The van der Waals surface area contributed by atoms with Crippen molar-refractivity contribution in [2.45, 2.75) is 13.0 Å². The average Bonchev–Trinajstić information content (AvgIpc) is 2.47. The minimum absolute atomic E-state index is 0.277. The Morgan fingerprint density at radius 3 is 2.48 bits per heavy atom. The Kier molecular flexibility index (Phi) is 5.42. The summed E-state index contributed by atoms with van der Waals surface area (Å²) in [5.74, 6) is 0.762. The number of benzene rings is 2. The van der Waals surface area contributed by atoms with Crippen LogP contribution in [0.25, 0.3) is 0 Å². The Labute approximate surface area is 128 Å². The highest BCUT2D eigenvalue weighted by Gasteiger charge is 2.12. The fourth-order valence-electron chi connectivity index (χ4n) is 1.96. The van der Waals surface area contributed by atoms with E-state index < -0.39 is 0 Å². The minimum Gasteiger partial charge on any atom is -0.493 e. The van der Waals surface area contributed by atoms with Crippen LogP contribution in [0.5, 0.6) is 11.5 Å². The van der Waals surface area contributed by atoms with E-state index in [2.05, 4.69) is 0 Å². The molecule has 5 heteroatoms. The smallest absolute Gasteiger partial charge is 0.180 e. The van der Waals surface area contributed by atoms with Gasteiger partial charge in [-0.25, -0.2) is 4.39 Å². The van der Waals surface area contributed by atoms with Crippen LogP contribution in [0, 0.1) is 5.82 Å². The first-order valence-electron chi connectivity index (χ1n) is 6.57. The lowest BCUT2D eigenvalue weighted by atomic mass is 10.1. The Hall–Kier alpha value is -1.78. The molecule has 0 heterocycles. The second kappa shape index (κ2) is 7.29. The molecule has 0 saturated carbocycles. The van der Waals surface area contributed by atoms with E-state index in [1.165, 1.54) is 12.1 Å². The van der Waals surface area contributed by atoms with Crippen molar-refractivity contribution in [3.8, 4) is 11.5 Å². The molecule has 0 spiro atoms. The fourth-order valence-corrected chi connectivity index (χ4v) is 2.25. The Morgan fingerprint density at radius 1 is 1.14 bits per heavy atom. The number of halogens is 2. The standard InChI is InChI=1S/C16H17ClFNO2/c1-20-15-9-12(6-7-19)8-14(17)16(15)21-10-11-2-4-13(18)5-3-11/h2-5,8-9H,6-7,10,19H2,1H3. The van der Waals surface area contributed by atoms with Crippen molar-refractivity contribution in [2.24, 2.45) is 5.73 Å². The second-order valence-corrected chi connectivity index (χ2v) is 4.97. The van der Waals surface area contributed by atoms with Crippen LogP contribution in [0.15, 0.2) is 36.4 Å². The molecule has 2 rings (SSSR count). The third-order valence-electron chi connectivity index (χ3n) is 3.02. The lowest BCUT2D eigenvalue weighted by molar-refractivity contribution is 0.284. The van der Waals surface area contributed by atoms with Gasteiger partial charge in [0.2, 0.25) is 0 Å². The molecule has 0 unspecified atom stereocenters. The van der Waals surface area contributed by atoms with Crippen molar-refractivity contribution >= 4 is 11.6 Å². The fraction of sp³-hybridized carbons (Fsp3) is 0.250. The lowest BCUT2D eigenvalue weighted by Gasteiger charge is -2.14. The summed E-state index contributed by atoms with van der Waals surface area (Å²) in [4.78, 5) is 0. The van der Waals surface area contributed by atoms with E-state index in [4.69, 9.17) is 26.8 Å². The molecule has 3 nitrogen and oxygen atoms in total. The first-order valence-corrected chi connectivity index (χ1v) is 6.95. The van der Waals surface area contributed by atoms with E-state index in [0.29, 0.717) is 29.5 Å². The van der Waals surface area contributed by atoms with Crippen molar-refractivity contribution < 1.29 is 13.9 Å². The average molecular weight is 310 g/mol. The van der Waals surface area contributed by atoms with Gasteiger partial charge in [0.1, 0.15) is 12.4 Å². The van der Waals surface area contributed by atoms with E-state index in [1.807, 2.05) is 12.1 Å². The van der Waals surface area contributed by atoms with Crippen LogP contribution < -0.4 is 15.2 Å². The summed E-state index contributed by atoms with van der Waals surface area (Å²) >= 11 is 6.23. The predicted molar refractivity (Wildman–Crippen MR) is 81.5 cm³/mol. The first-order chi connectivity index (χ1) is 10.1. The van der Waals surface area contributed by atoms with Crippen molar-refractivity contribution in [2.75, 3.05) is 13.7 Å². The summed E-state index contributed by atoms with van der Waals surface area (Å²) in [5.41, 5.74) is 7.38. The van der Waals surface area contributed by atoms with E-state index >= 15 is 0 Å². The molecule has 0 aliphatic heterocycles. The van der Waals surface area contributed by atoms with Crippen LogP contribution in [0.4, 0.5) is 4.39 Å². The van der Waals surface area contributed by atoms with E-state index in [0.717, 1.165) is 11.1 Å². The molecule has 21 heavy (non-hydrogen) atoms. The van der Waals surface area contributed by atoms with Gasteiger partial charge in [-0.1, -0.05) is 23.7 Å². The summed E-state index contributed by atoms with van der Waals surface area (Å²) in [6.45, 7) is 0.821. The molecular formula is C16H17ClFNO2. The third kappa shape index (κ3) is 4.09. The molecule has 0 amide bonds. The number of hydrogen-bond donors (Lipinski definition) is 1. The lowest BCUT2D eigenvalue weighted by Crippen LogP contribution is -2.04. The molecule has 0 bridgehead atoms. The highest BCUT2D eigenvalue weighted by Crippen LogP contribution is 2.37. The maximum atomic E-state index is 12.9. The van der Waals surface area contributed by atoms with Gasteiger partial charge >= 0.3 is 0 Å². The van der Waals surface area contributed by atoms with Crippen molar-refractivity contribution in [3.05, 3.63) is 58.4 Å². The molecular weight excluding hydrogens is 293 g/mol. The molecule has 112 valence electrons. The summed E-state index contributed by atoms with van der Waals surface area (Å²) in [5, 5.41) is 0.472. The molecule has 2 aromatic carbocycles. The van der Waals surface area contributed by atoms with Crippen molar-refractivity contribution in [1.29, 1.82) is 0 Å². The van der Waals surface area contributed by atoms with Gasteiger partial charge in [0.15, 0.2) is 11.5 Å². The van der Waals surface area contributed by atoms with Gasteiger partial charge < -0.3 is 15.2 Å². The van der Waals surface area contributed by atoms with Crippen molar-refractivity contribution in [1.82, 2.24) is 0 Å². The number of hydrogen-bond acceptors (Lipinski definition) is 3. The van der Waals surface area contributed by atoms with Crippen LogP contribution in [0.1, 0.15) is 11.1 Å². The van der Waals surface area contributed by atoms with Gasteiger partial charge in [0.25, 0.3) is 0 Å². The second-order valence-electron chi connectivity index (χ2n) is 4.56. The quantitative estimate of drug-likeness (QED) is 0.887. The van der Waals surface area contributed by atoms with Crippen LogP contribution in [0.3, 0.4) is 0 Å². The number of nitrogens with two attached hydrogens (primary N) is 1. The van der Waals surface area contributed by atoms with Gasteiger partial charge in [0.05, 0.1) is 12.1 Å². The van der Waals surface area contributed by atoms with Gasteiger partial charge in [-0.3, -0.25) is 0 Å². The maximum Gasteiger partial charge on any atom is 0.180 e. The topological polar surface area (TPSA) is 44.5 Å². The van der Waals surface area contributed by atoms with Gasteiger partial charge in [0, 0.05) is 0 Å². The van der Waals surface area contributed by atoms with Gasteiger partial charge in [-0.15, -0.1) is 0 Å². The maximum absolute atomic E-state index is 12.9. The molecule has 0 saturated heterocycles. The molecule has 0 radical (unpaired) electrons. The van der Waals surface area contributed by atoms with Crippen LogP contribution in [-0.2, 0) is 13.0 Å². The monoisotopic (exact) mass is 309 g/mol. The zero-order valence-electron chi connectivity index (χ0n) is 11.7. The summed E-state index contributed by atoms with van der Waals surface area (Å²) in [6, 6.07) is 9.79. The van der Waals surface area contributed by atoms with E-state index in [-0.39, 0.29) is 12.4 Å². The zero-order valence-corrected chi connectivity index (χ0v) is 12.5. The first kappa shape index (κ1) is 15.6.